The van der Waals surface area contributed by atoms with Gasteiger partial charge in [-0.3, -0.25) is 14.8 Å². The molecule has 0 atom stereocenters. The highest BCUT2D eigenvalue weighted by Crippen LogP contribution is 2.22. The smallest absolute Gasteiger partial charge is 0.245 e. The number of anilines is 1. The van der Waals surface area contributed by atoms with E-state index in [0.717, 1.165) is 30.8 Å². The molecule has 0 spiro atoms. The Hall–Kier alpha value is -2.29. The Morgan fingerprint density at radius 2 is 1.55 bits per heavy atom. The predicted octanol–water partition coefficient (Wildman–Crippen LogP) is 2.88. The SMILES string of the molecule is O=C(Cc1ccccc1)N1CCCN1c1ccccc1. The minimum Gasteiger partial charge on any atom is -0.283 e. The summed E-state index contributed by atoms with van der Waals surface area (Å²) in [6.45, 7) is 1.71. The highest BCUT2D eigenvalue weighted by atomic mass is 16.2. The van der Waals surface area contributed by atoms with E-state index in [-0.39, 0.29) is 5.91 Å². The van der Waals surface area contributed by atoms with E-state index < -0.39 is 0 Å². The first-order chi connectivity index (χ1) is 9.84. The monoisotopic (exact) mass is 266 g/mol. The Bertz CT molecular complexity index is 568. The Kier molecular flexibility index (Phi) is 3.68. The molecule has 102 valence electrons. The lowest BCUT2D eigenvalue weighted by atomic mass is 10.1. The zero-order chi connectivity index (χ0) is 13.8. The van der Waals surface area contributed by atoms with E-state index in [0.29, 0.717) is 6.42 Å². The van der Waals surface area contributed by atoms with Crippen molar-refractivity contribution in [2.45, 2.75) is 12.8 Å². The van der Waals surface area contributed by atoms with Crippen molar-refractivity contribution in [1.29, 1.82) is 0 Å². The van der Waals surface area contributed by atoms with E-state index in [1.165, 1.54) is 0 Å². The standard InChI is InChI=1S/C17H18N2O/c20-17(14-15-8-3-1-4-9-15)19-13-7-12-18(19)16-10-5-2-6-11-16/h1-6,8-11H,7,12-14H2. The summed E-state index contributed by atoms with van der Waals surface area (Å²) in [5.41, 5.74) is 2.16. The molecule has 0 N–H and O–H groups in total. The molecule has 0 aromatic heterocycles. The number of rotatable bonds is 3. The molecule has 20 heavy (non-hydrogen) atoms. The van der Waals surface area contributed by atoms with Gasteiger partial charge in [-0.15, -0.1) is 0 Å². The molecule has 3 heteroatoms. The lowest BCUT2D eigenvalue weighted by Crippen LogP contribution is -2.42. The molecule has 1 amide bonds. The number of benzene rings is 2. The fraction of sp³-hybridized carbons (Fsp3) is 0.235. The molecule has 1 heterocycles. The number of nitrogens with zero attached hydrogens (tertiary/aromatic N) is 2. The number of hydrazine groups is 1. The minimum absolute atomic E-state index is 0.164. The van der Waals surface area contributed by atoms with Gasteiger partial charge in [0.05, 0.1) is 12.1 Å². The Morgan fingerprint density at radius 3 is 2.25 bits per heavy atom. The van der Waals surface area contributed by atoms with Crippen LogP contribution in [0, 0.1) is 0 Å². The lowest BCUT2D eigenvalue weighted by molar-refractivity contribution is -0.130. The van der Waals surface area contributed by atoms with Crippen molar-refractivity contribution in [1.82, 2.24) is 5.01 Å². The fourth-order valence-corrected chi connectivity index (χ4v) is 2.60. The Morgan fingerprint density at radius 1 is 0.900 bits per heavy atom. The maximum absolute atomic E-state index is 12.5. The van der Waals surface area contributed by atoms with E-state index >= 15 is 0 Å². The van der Waals surface area contributed by atoms with Crippen molar-refractivity contribution in [3.05, 3.63) is 66.2 Å². The number of hydrogen-bond acceptors (Lipinski definition) is 2. The molecule has 2 aromatic rings. The Balaban J connectivity index is 1.74. The molecule has 0 bridgehead atoms. The second kappa shape index (κ2) is 5.78. The summed E-state index contributed by atoms with van der Waals surface area (Å²) in [6.07, 6.45) is 1.49. The van der Waals surface area contributed by atoms with E-state index in [2.05, 4.69) is 5.01 Å². The molecule has 0 unspecified atom stereocenters. The van der Waals surface area contributed by atoms with Crippen LogP contribution in [0.25, 0.3) is 0 Å². The third-order valence-electron chi connectivity index (χ3n) is 3.57. The van der Waals surface area contributed by atoms with Gasteiger partial charge in [0, 0.05) is 13.1 Å². The van der Waals surface area contributed by atoms with E-state index in [1.807, 2.05) is 65.7 Å². The maximum Gasteiger partial charge on any atom is 0.245 e. The van der Waals surface area contributed by atoms with Gasteiger partial charge in [0.15, 0.2) is 0 Å². The van der Waals surface area contributed by atoms with Crippen molar-refractivity contribution in [3.8, 4) is 0 Å². The average Bonchev–Trinajstić information content (AvgIpc) is 2.99. The molecule has 1 fully saturated rings. The molecular formula is C17H18N2O. The first-order valence-corrected chi connectivity index (χ1v) is 7.01. The van der Waals surface area contributed by atoms with Crippen molar-refractivity contribution in [3.63, 3.8) is 0 Å². The quantitative estimate of drug-likeness (QED) is 0.853. The zero-order valence-corrected chi connectivity index (χ0v) is 11.4. The van der Waals surface area contributed by atoms with Gasteiger partial charge in [0.25, 0.3) is 0 Å². The van der Waals surface area contributed by atoms with Crippen molar-refractivity contribution in [2.24, 2.45) is 0 Å². The minimum atomic E-state index is 0.164. The molecule has 0 saturated carbocycles. The van der Waals surface area contributed by atoms with Crippen LogP contribution < -0.4 is 5.01 Å². The van der Waals surface area contributed by atoms with Crippen LogP contribution in [0.15, 0.2) is 60.7 Å². The van der Waals surface area contributed by atoms with Gasteiger partial charge in [-0.25, -0.2) is 0 Å². The molecule has 3 rings (SSSR count). The molecule has 0 aliphatic carbocycles. The highest BCUT2D eigenvalue weighted by molar-refractivity contribution is 5.81. The van der Waals surface area contributed by atoms with Crippen molar-refractivity contribution >= 4 is 11.6 Å². The summed E-state index contributed by atoms with van der Waals surface area (Å²) in [5.74, 6) is 0.164. The van der Waals surface area contributed by atoms with Gasteiger partial charge >= 0.3 is 0 Å². The first kappa shape index (κ1) is 12.7. The summed E-state index contributed by atoms with van der Waals surface area (Å²) in [6, 6.07) is 20.0. The van der Waals surface area contributed by atoms with Crippen LogP contribution in [0.2, 0.25) is 0 Å². The topological polar surface area (TPSA) is 23.6 Å². The van der Waals surface area contributed by atoms with Gasteiger partial charge < -0.3 is 0 Å². The van der Waals surface area contributed by atoms with Gasteiger partial charge in [0.1, 0.15) is 0 Å². The van der Waals surface area contributed by atoms with Crippen molar-refractivity contribution in [2.75, 3.05) is 18.1 Å². The molecule has 1 saturated heterocycles. The average molecular weight is 266 g/mol. The van der Waals surface area contributed by atoms with Gasteiger partial charge in [-0.1, -0.05) is 48.5 Å². The molecular weight excluding hydrogens is 248 g/mol. The van der Waals surface area contributed by atoms with Gasteiger partial charge in [-0.2, -0.15) is 0 Å². The highest BCUT2D eigenvalue weighted by Gasteiger charge is 2.26. The van der Waals surface area contributed by atoms with Crippen LogP contribution in [0.1, 0.15) is 12.0 Å². The summed E-state index contributed by atoms with van der Waals surface area (Å²) in [4.78, 5) is 12.5. The molecule has 1 aliphatic heterocycles. The maximum atomic E-state index is 12.5. The van der Waals surface area contributed by atoms with Gasteiger partial charge in [0.2, 0.25) is 5.91 Å². The summed E-state index contributed by atoms with van der Waals surface area (Å²) < 4.78 is 0. The summed E-state index contributed by atoms with van der Waals surface area (Å²) in [7, 11) is 0. The molecule has 1 aliphatic rings. The summed E-state index contributed by atoms with van der Waals surface area (Å²) in [5, 5.41) is 3.97. The van der Waals surface area contributed by atoms with Crippen LogP contribution in [-0.4, -0.2) is 24.0 Å². The van der Waals surface area contributed by atoms with Crippen LogP contribution >= 0.6 is 0 Å². The predicted molar refractivity (Wildman–Crippen MR) is 80.3 cm³/mol. The summed E-state index contributed by atoms with van der Waals surface area (Å²) >= 11 is 0. The van der Waals surface area contributed by atoms with Crippen LogP contribution in [0.4, 0.5) is 5.69 Å². The van der Waals surface area contributed by atoms with Crippen LogP contribution in [0.5, 0.6) is 0 Å². The van der Waals surface area contributed by atoms with E-state index in [9.17, 15) is 4.79 Å². The lowest BCUT2D eigenvalue weighted by Gasteiger charge is -2.29. The van der Waals surface area contributed by atoms with Crippen LogP contribution in [-0.2, 0) is 11.2 Å². The second-order valence-electron chi connectivity index (χ2n) is 4.99. The number of carbonyl (C=O) groups excluding carboxylic acids is 1. The molecule has 0 radical (unpaired) electrons. The number of carbonyl (C=O) groups is 1. The van der Waals surface area contributed by atoms with Crippen LogP contribution in [0.3, 0.4) is 0 Å². The van der Waals surface area contributed by atoms with E-state index in [4.69, 9.17) is 0 Å². The molecule has 2 aromatic carbocycles. The second-order valence-corrected chi connectivity index (χ2v) is 4.99. The largest absolute Gasteiger partial charge is 0.283 e. The normalized spacial score (nSPS) is 14.6. The zero-order valence-electron chi connectivity index (χ0n) is 11.4. The third-order valence-corrected chi connectivity index (χ3v) is 3.57. The number of hydrogen-bond donors (Lipinski definition) is 0. The fourth-order valence-electron chi connectivity index (χ4n) is 2.60. The van der Waals surface area contributed by atoms with Gasteiger partial charge in [-0.05, 0) is 24.1 Å². The van der Waals surface area contributed by atoms with E-state index in [1.54, 1.807) is 0 Å². The number of para-hydroxylation sites is 1. The first-order valence-electron chi connectivity index (χ1n) is 7.01. The molecule has 3 nitrogen and oxygen atoms in total. The third kappa shape index (κ3) is 2.67. The number of amides is 1. The van der Waals surface area contributed by atoms with Crippen molar-refractivity contribution < 1.29 is 4.79 Å². The Labute approximate surface area is 119 Å².